The quantitative estimate of drug-likeness (QED) is 0.315. The summed E-state index contributed by atoms with van der Waals surface area (Å²) in [6, 6.07) is 15.9. The molecule has 7 nitrogen and oxygen atoms in total. The third-order valence-corrected chi connectivity index (χ3v) is 4.69. The zero-order chi connectivity index (χ0) is 20.1. The Labute approximate surface area is 191 Å². The molecule has 0 saturated carbocycles. The minimum atomic E-state index is -1.33. The molecule has 2 amide bonds. The van der Waals surface area contributed by atoms with Gasteiger partial charge in [-0.05, 0) is 18.1 Å². The van der Waals surface area contributed by atoms with E-state index in [1.807, 2.05) is 67.6 Å². The molecule has 2 aromatic carbocycles. The largest absolute Gasteiger partial charge is 1.00 e. The van der Waals surface area contributed by atoms with Crippen molar-refractivity contribution in [2.45, 2.75) is 37.5 Å². The number of amides is 2. The second kappa shape index (κ2) is 10.5. The minimum absolute atomic E-state index is 0. The van der Waals surface area contributed by atoms with E-state index in [0.29, 0.717) is 6.42 Å². The van der Waals surface area contributed by atoms with Crippen LogP contribution in [-0.4, -0.2) is 35.9 Å². The molecule has 29 heavy (non-hydrogen) atoms. The van der Waals surface area contributed by atoms with Crippen LogP contribution in [0.3, 0.4) is 0 Å². The zero-order valence-corrected chi connectivity index (χ0v) is 18.4. The van der Waals surface area contributed by atoms with E-state index in [4.69, 9.17) is 0 Å². The summed E-state index contributed by atoms with van der Waals surface area (Å²) >= 11 is 0. The summed E-state index contributed by atoms with van der Waals surface area (Å²) in [6.07, 6.45) is 0.294. The van der Waals surface area contributed by atoms with Crippen molar-refractivity contribution in [2.24, 2.45) is 0 Å². The van der Waals surface area contributed by atoms with Crippen molar-refractivity contribution >= 4 is 17.8 Å². The van der Waals surface area contributed by atoms with Crippen LogP contribution in [0, 0.1) is 0 Å². The molecule has 3 rings (SSSR count). The van der Waals surface area contributed by atoms with Gasteiger partial charge in [-0.15, -0.1) is 0 Å². The van der Waals surface area contributed by atoms with Gasteiger partial charge in [-0.25, -0.2) is 0 Å². The van der Waals surface area contributed by atoms with Gasteiger partial charge in [-0.3, -0.25) is 14.9 Å². The first-order valence-corrected chi connectivity index (χ1v) is 9.12. The van der Waals surface area contributed by atoms with Crippen LogP contribution < -0.4 is 50.6 Å². The molecule has 8 heteroatoms. The number of carboxylic acids is 1. The van der Waals surface area contributed by atoms with Crippen LogP contribution in [0.4, 0.5) is 0 Å². The molecule has 0 unspecified atom stereocenters. The van der Waals surface area contributed by atoms with Crippen molar-refractivity contribution in [1.82, 2.24) is 16.0 Å². The van der Waals surface area contributed by atoms with Crippen molar-refractivity contribution in [3.8, 4) is 0 Å². The standard InChI is InChI=1S/C21H23N3O4.Na/c1-13(15-10-6-3-7-11-15)22-19(25)16(12-14-8-4-2-5-9-14)23-20(26)17-18(24-17)21(27)28;/h2-11,13,16-18,24H,12H2,1H3,(H,22,25)(H,23,26)(H,27,28);/q;+1/p-1/t13-,16-,17-,18-;/m0./s1. The summed E-state index contributed by atoms with van der Waals surface area (Å²) in [5.41, 5.74) is 1.83. The molecule has 4 atom stereocenters. The summed E-state index contributed by atoms with van der Waals surface area (Å²) in [5, 5.41) is 19.0. The van der Waals surface area contributed by atoms with Crippen LogP contribution in [0.5, 0.6) is 0 Å². The molecule has 3 N–H and O–H groups in total. The van der Waals surface area contributed by atoms with Gasteiger partial charge in [0.1, 0.15) is 12.1 Å². The zero-order valence-electron chi connectivity index (χ0n) is 16.4. The smallest absolute Gasteiger partial charge is 0.548 e. The van der Waals surface area contributed by atoms with E-state index in [-0.39, 0.29) is 41.5 Å². The summed E-state index contributed by atoms with van der Waals surface area (Å²) in [7, 11) is 0. The summed E-state index contributed by atoms with van der Waals surface area (Å²) in [4.78, 5) is 36.0. The molecule has 1 aliphatic heterocycles. The van der Waals surface area contributed by atoms with Gasteiger partial charge in [0.05, 0.1) is 18.1 Å². The molecule has 0 aliphatic carbocycles. The Bertz CT molecular complexity index is 848. The number of rotatable bonds is 8. The van der Waals surface area contributed by atoms with Crippen molar-refractivity contribution in [3.63, 3.8) is 0 Å². The number of hydrogen-bond acceptors (Lipinski definition) is 5. The van der Waals surface area contributed by atoms with Gasteiger partial charge < -0.3 is 20.5 Å². The van der Waals surface area contributed by atoms with Crippen LogP contribution in [0.15, 0.2) is 60.7 Å². The molecule has 1 saturated heterocycles. The Kier molecular flexibility index (Phi) is 8.40. The average Bonchev–Trinajstić information content (AvgIpc) is 3.50. The van der Waals surface area contributed by atoms with Gasteiger partial charge in [0.25, 0.3) is 0 Å². The number of carbonyl (C=O) groups excluding carboxylic acids is 3. The first-order chi connectivity index (χ1) is 13.5. The molecule has 0 aromatic heterocycles. The van der Waals surface area contributed by atoms with Crippen LogP contribution in [0.1, 0.15) is 24.1 Å². The molecule has 1 heterocycles. The molecule has 1 fully saturated rings. The maximum atomic E-state index is 12.9. The fraction of sp³-hybridized carbons (Fsp3) is 0.286. The molecule has 1 aliphatic rings. The van der Waals surface area contributed by atoms with Gasteiger partial charge in [-0.1, -0.05) is 60.7 Å². The number of hydrogen-bond donors (Lipinski definition) is 3. The molecule has 146 valence electrons. The maximum Gasteiger partial charge on any atom is 1.00 e. The summed E-state index contributed by atoms with van der Waals surface area (Å²) in [5.74, 6) is -2.20. The van der Waals surface area contributed by atoms with Crippen molar-refractivity contribution in [3.05, 3.63) is 71.8 Å². The fourth-order valence-electron chi connectivity index (χ4n) is 3.03. The average molecular weight is 403 g/mol. The summed E-state index contributed by atoms with van der Waals surface area (Å²) < 4.78 is 0. The second-order valence-corrected chi connectivity index (χ2v) is 6.83. The molecule has 0 radical (unpaired) electrons. The molecular weight excluding hydrogens is 381 g/mol. The van der Waals surface area contributed by atoms with E-state index in [9.17, 15) is 19.5 Å². The first kappa shape index (κ1) is 23.1. The van der Waals surface area contributed by atoms with E-state index >= 15 is 0 Å². The number of benzene rings is 2. The number of carboxylic acid groups (broad SMARTS) is 1. The third-order valence-electron chi connectivity index (χ3n) is 4.69. The Hall–Kier alpha value is -2.19. The van der Waals surface area contributed by atoms with Crippen LogP contribution in [0.2, 0.25) is 0 Å². The van der Waals surface area contributed by atoms with E-state index in [1.54, 1.807) is 0 Å². The Balaban J connectivity index is 0.00000300. The monoisotopic (exact) mass is 403 g/mol. The van der Waals surface area contributed by atoms with E-state index in [2.05, 4.69) is 16.0 Å². The second-order valence-electron chi connectivity index (χ2n) is 6.83. The molecule has 0 bridgehead atoms. The van der Waals surface area contributed by atoms with Crippen LogP contribution >= 0.6 is 0 Å². The van der Waals surface area contributed by atoms with Gasteiger partial charge in [0, 0.05) is 6.42 Å². The van der Waals surface area contributed by atoms with Crippen LogP contribution in [-0.2, 0) is 20.8 Å². The normalized spacial score (nSPS) is 19.2. The van der Waals surface area contributed by atoms with Gasteiger partial charge in [0.2, 0.25) is 11.8 Å². The Morgan fingerprint density at radius 2 is 1.55 bits per heavy atom. The number of nitrogens with one attached hydrogen (secondary N) is 3. The maximum absolute atomic E-state index is 12.9. The van der Waals surface area contributed by atoms with Gasteiger partial charge in [-0.2, -0.15) is 0 Å². The first-order valence-electron chi connectivity index (χ1n) is 9.12. The molecule has 0 spiro atoms. The van der Waals surface area contributed by atoms with Crippen molar-refractivity contribution in [1.29, 1.82) is 0 Å². The Morgan fingerprint density at radius 1 is 0.966 bits per heavy atom. The molecule has 2 aromatic rings. The topological polar surface area (TPSA) is 120 Å². The predicted molar refractivity (Wildman–Crippen MR) is 101 cm³/mol. The molecular formula is C21H22N3NaO4. The summed E-state index contributed by atoms with van der Waals surface area (Å²) in [6.45, 7) is 1.86. The predicted octanol–water partition coefficient (Wildman–Crippen LogP) is -3.31. The number of aliphatic carboxylic acids is 1. The third kappa shape index (κ3) is 6.40. The fourth-order valence-corrected chi connectivity index (χ4v) is 3.03. The van der Waals surface area contributed by atoms with E-state index in [1.165, 1.54) is 0 Å². The van der Waals surface area contributed by atoms with Gasteiger partial charge in [0.15, 0.2) is 0 Å². The van der Waals surface area contributed by atoms with E-state index in [0.717, 1.165) is 11.1 Å². The Morgan fingerprint density at radius 3 is 2.10 bits per heavy atom. The van der Waals surface area contributed by atoms with Gasteiger partial charge >= 0.3 is 29.6 Å². The van der Waals surface area contributed by atoms with Crippen molar-refractivity contribution < 1.29 is 49.0 Å². The van der Waals surface area contributed by atoms with Crippen molar-refractivity contribution in [2.75, 3.05) is 0 Å². The number of carbonyl (C=O) groups is 3. The van der Waals surface area contributed by atoms with E-state index < -0.39 is 30.0 Å². The SMILES string of the molecule is C[C@H](NC(=O)[C@H](Cc1ccccc1)NC(=O)[C@H]1N[C@@H]1C(=O)[O-])c1ccccc1.[Na+]. The minimum Gasteiger partial charge on any atom is -0.548 e. The van der Waals surface area contributed by atoms with Crippen LogP contribution in [0.25, 0.3) is 0 Å².